The smallest absolute Gasteiger partial charge is 0.274 e. The minimum Gasteiger partial charge on any atom is -0.274 e. The quantitative estimate of drug-likeness (QED) is 0.100. The Kier molecular flexibility index (Phi) is 11.5. The Balaban J connectivity index is 1.63. The lowest BCUT2D eigenvalue weighted by Gasteiger charge is -2.10. The van der Waals surface area contributed by atoms with E-state index in [-0.39, 0.29) is 5.03 Å². The van der Waals surface area contributed by atoms with Crippen LogP contribution in [0.25, 0.3) is 5.69 Å². The minimum atomic E-state index is -0.702. The van der Waals surface area contributed by atoms with Gasteiger partial charge in [-0.2, -0.15) is 0 Å². The molecule has 11 heteroatoms. The third-order valence-corrected chi connectivity index (χ3v) is 7.09. The average molecular weight is 527 g/mol. The molecular formula is C26H34N6O4S. The normalized spacial score (nSPS) is 11.1. The Hall–Kier alpha value is -3.34. The molecule has 2 aromatic heterocycles. The van der Waals surface area contributed by atoms with Crippen LogP contribution in [0.4, 0.5) is 11.4 Å². The summed E-state index contributed by atoms with van der Waals surface area (Å²) in [5, 5.41) is 31.7. The van der Waals surface area contributed by atoms with Gasteiger partial charge in [0.25, 0.3) is 5.69 Å². The highest BCUT2D eigenvalue weighted by Crippen LogP contribution is 2.35. The van der Waals surface area contributed by atoms with Gasteiger partial charge in [0.1, 0.15) is 12.0 Å². The second-order valence-electron chi connectivity index (χ2n) is 8.99. The second-order valence-corrected chi connectivity index (χ2v) is 9.95. The molecule has 0 amide bonds. The largest absolute Gasteiger partial charge is 0.308 e. The molecule has 37 heavy (non-hydrogen) atoms. The summed E-state index contributed by atoms with van der Waals surface area (Å²) >= 11 is 0.979. The first-order valence-corrected chi connectivity index (χ1v) is 13.8. The van der Waals surface area contributed by atoms with Crippen LogP contribution in [0, 0.1) is 20.2 Å². The van der Waals surface area contributed by atoms with Crippen molar-refractivity contribution in [1.29, 1.82) is 0 Å². The summed E-state index contributed by atoms with van der Waals surface area (Å²) in [6, 6.07) is 10.5. The Labute approximate surface area is 221 Å². The zero-order chi connectivity index (χ0) is 26.5. The fraction of sp³-hybridized carbons (Fsp3) is 0.500. The molecule has 198 valence electrons. The van der Waals surface area contributed by atoms with Crippen molar-refractivity contribution in [2.45, 2.75) is 94.2 Å². The van der Waals surface area contributed by atoms with Gasteiger partial charge >= 0.3 is 5.69 Å². The highest BCUT2D eigenvalue weighted by Gasteiger charge is 2.25. The van der Waals surface area contributed by atoms with Crippen LogP contribution in [0.15, 0.2) is 52.8 Å². The molecule has 3 rings (SSSR count). The van der Waals surface area contributed by atoms with Gasteiger partial charge in [-0.1, -0.05) is 89.3 Å². The fourth-order valence-corrected chi connectivity index (χ4v) is 5.04. The summed E-state index contributed by atoms with van der Waals surface area (Å²) in [4.78, 5) is 25.2. The monoisotopic (exact) mass is 526 g/mol. The number of hydrogen-bond acceptors (Lipinski definition) is 8. The summed E-state index contributed by atoms with van der Waals surface area (Å²) in [5.41, 5.74) is -0.0240. The SMILES string of the molecule is CCCCCCCCCCCCCc1nnc(Sc2ncc([N+](=O)[O-])cc2[N+](=O)[O-])n1-c1ccccc1. The van der Waals surface area contributed by atoms with E-state index >= 15 is 0 Å². The van der Waals surface area contributed by atoms with E-state index < -0.39 is 21.2 Å². The average Bonchev–Trinajstić information content (AvgIpc) is 3.29. The van der Waals surface area contributed by atoms with Crippen LogP contribution in [0.3, 0.4) is 0 Å². The number of nitrogens with zero attached hydrogens (tertiary/aromatic N) is 6. The van der Waals surface area contributed by atoms with Gasteiger partial charge in [0, 0.05) is 12.1 Å². The molecule has 3 aromatic rings. The van der Waals surface area contributed by atoms with Crippen molar-refractivity contribution in [3.8, 4) is 5.69 Å². The first-order valence-electron chi connectivity index (χ1n) is 13.0. The second kappa shape index (κ2) is 15.0. The predicted molar refractivity (Wildman–Crippen MR) is 143 cm³/mol. The fourth-order valence-electron chi connectivity index (χ4n) is 4.14. The van der Waals surface area contributed by atoms with Gasteiger partial charge in [0.05, 0.1) is 15.9 Å². The molecule has 0 aliphatic heterocycles. The minimum absolute atomic E-state index is 0.0291. The number of aryl methyl sites for hydroxylation is 1. The van der Waals surface area contributed by atoms with Gasteiger partial charge < -0.3 is 0 Å². The van der Waals surface area contributed by atoms with Gasteiger partial charge in [-0.15, -0.1) is 10.2 Å². The van der Waals surface area contributed by atoms with E-state index in [2.05, 4.69) is 22.1 Å². The Morgan fingerprint density at radius 1 is 0.838 bits per heavy atom. The maximum Gasteiger partial charge on any atom is 0.308 e. The molecule has 10 nitrogen and oxygen atoms in total. The van der Waals surface area contributed by atoms with Crippen LogP contribution in [-0.2, 0) is 6.42 Å². The predicted octanol–water partition coefficient (Wildman–Crippen LogP) is 7.48. The number of hydrogen-bond donors (Lipinski definition) is 0. The third-order valence-electron chi connectivity index (χ3n) is 6.13. The number of nitro groups is 2. The topological polar surface area (TPSA) is 130 Å². The van der Waals surface area contributed by atoms with E-state index in [0.717, 1.165) is 54.8 Å². The molecule has 0 fully saturated rings. The van der Waals surface area contributed by atoms with Crippen LogP contribution in [0.2, 0.25) is 0 Å². The summed E-state index contributed by atoms with van der Waals surface area (Å²) in [5.74, 6) is 0.772. The number of rotatable bonds is 17. The molecular weight excluding hydrogens is 492 g/mol. The van der Waals surface area contributed by atoms with Gasteiger partial charge in [0.2, 0.25) is 5.16 Å². The van der Waals surface area contributed by atoms with E-state index in [4.69, 9.17) is 0 Å². The zero-order valence-electron chi connectivity index (χ0n) is 21.3. The Morgan fingerprint density at radius 3 is 2.05 bits per heavy atom. The van der Waals surface area contributed by atoms with Crippen molar-refractivity contribution in [3.05, 3.63) is 68.6 Å². The van der Waals surface area contributed by atoms with E-state index in [9.17, 15) is 20.2 Å². The molecule has 0 saturated carbocycles. The zero-order valence-corrected chi connectivity index (χ0v) is 22.1. The summed E-state index contributed by atoms with van der Waals surface area (Å²) in [6.07, 6.45) is 15.5. The Bertz CT molecular complexity index is 1160. The molecule has 2 heterocycles. The van der Waals surface area contributed by atoms with E-state index in [1.807, 2.05) is 34.9 Å². The van der Waals surface area contributed by atoms with Gasteiger partial charge in [-0.3, -0.25) is 24.8 Å². The van der Waals surface area contributed by atoms with Crippen LogP contribution < -0.4 is 0 Å². The number of unbranched alkanes of at least 4 members (excludes halogenated alkanes) is 10. The lowest BCUT2D eigenvalue weighted by Crippen LogP contribution is -2.04. The summed E-state index contributed by atoms with van der Waals surface area (Å²) in [6.45, 7) is 2.24. The van der Waals surface area contributed by atoms with Crippen molar-refractivity contribution in [1.82, 2.24) is 19.7 Å². The van der Waals surface area contributed by atoms with Crippen molar-refractivity contribution < 1.29 is 9.85 Å². The molecule has 0 N–H and O–H groups in total. The standard InChI is InChI=1S/C26H34N6O4S/c1-2-3-4-5-6-7-8-9-10-11-15-18-24-28-29-26(30(24)21-16-13-12-14-17-21)37-25-23(32(35)36)19-22(20-27-25)31(33)34/h12-14,16-17,19-20H,2-11,15,18H2,1H3. The third kappa shape index (κ3) is 8.63. The van der Waals surface area contributed by atoms with Crippen LogP contribution in [0.1, 0.15) is 83.4 Å². The first kappa shape index (κ1) is 28.2. The first-order chi connectivity index (χ1) is 18.0. The highest BCUT2D eigenvalue weighted by molar-refractivity contribution is 7.99. The summed E-state index contributed by atoms with van der Waals surface area (Å²) in [7, 11) is 0. The molecule has 0 saturated heterocycles. The van der Waals surface area contributed by atoms with Crippen LogP contribution in [0.5, 0.6) is 0 Å². The van der Waals surface area contributed by atoms with Gasteiger partial charge in [0.15, 0.2) is 5.03 Å². The number of para-hydroxylation sites is 1. The van der Waals surface area contributed by atoms with E-state index in [0.29, 0.717) is 5.16 Å². The van der Waals surface area contributed by atoms with Crippen molar-refractivity contribution in [2.75, 3.05) is 0 Å². The molecule has 0 unspecified atom stereocenters. The number of benzene rings is 1. The molecule has 0 radical (unpaired) electrons. The van der Waals surface area contributed by atoms with Gasteiger partial charge in [-0.05, 0) is 30.3 Å². The lowest BCUT2D eigenvalue weighted by molar-refractivity contribution is -0.396. The van der Waals surface area contributed by atoms with Crippen molar-refractivity contribution in [3.63, 3.8) is 0 Å². The van der Waals surface area contributed by atoms with E-state index in [1.165, 1.54) is 57.8 Å². The van der Waals surface area contributed by atoms with E-state index in [1.54, 1.807) is 0 Å². The molecule has 1 aromatic carbocycles. The van der Waals surface area contributed by atoms with Crippen molar-refractivity contribution >= 4 is 23.1 Å². The maximum atomic E-state index is 11.6. The van der Waals surface area contributed by atoms with Gasteiger partial charge in [-0.25, -0.2) is 4.98 Å². The maximum absolute atomic E-state index is 11.6. The Morgan fingerprint density at radius 2 is 1.46 bits per heavy atom. The van der Waals surface area contributed by atoms with Crippen LogP contribution >= 0.6 is 11.8 Å². The molecule has 0 aliphatic rings. The summed E-state index contributed by atoms with van der Waals surface area (Å²) < 4.78 is 1.88. The number of pyridine rings is 1. The molecule has 0 aliphatic carbocycles. The molecule has 0 bridgehead atoms. The number of aromatic nitrogens is 4. The molecule has 0 atom stereocenters. The van der Waals surface area contributed by atoms with Crippen molar-refractivity contribution in [2.24, 2.45) is 0 Å². The lowest BCUT2D eigenvalue weighted by atomic mass is 10.1. The highest BCUT2D eigenvalue weighted by atomic mass is 32.2. The molecule has 0 spiro atoms. The van der Waals surface area contributed by atoms with Crippen LogP contribution in [-0.4, -0.2) is 29.6 Å².